The maximum atomic E-state index is 10.8. The van der Waals surface area contributed by atoms with Crippen molar-refractivity contribution >= 4 is 11.5 Å². The van der Waals surface area contributed by atoms with E-state index >= 15 is 0 Å². The van der Waals surface area contributed by atoms with Gasteiger partial charge in [-0.15, -0.1) is 0 Å². The molecule has 0 fully saturated rings. The number of aryl methyl sites for hydroxylation is 1. The SMILES string of the molecule is Cc1cnc(NCCCN(C)C(C)C)cc1[N+](=O)[O-]. The van der Waals surface area contributed by atoms with Crippen molar-refractivity contribution in [2.75, 3.05) is 25.5 Å². The van der Waals surface area contributed by atoms with E-state index in [0.717, 1.165) is 19.5 Å². The minimum Gasteiger partial charge on any atom is -0.370 e. The Hall–Kier alpha value is -1.69. The van der Waals surface area contributed by atoms with Gasteiger partial charge < -0.3 is 10.2 Å². The number of anilines is 1. The Bertz CT molecular complexity index is 435. The van der Waals surface area contributed by atoms with Crippen LogP contribution in [0.3, 0.4) is 0 Å². The van der Waals surface area contributed by atoms with E-state index in [2.05, 4.69) is 36.1 Å². The molecule has 0 atom stereocenters. The highest BCUT2D eigenvalue weighted by molar-refractivity contribution is 5.48. The zero-order valence-corrected chi connectivity index (χ0v) is 12.0. The van der Waals surface area contributed by atoms with Gasteiger partial charge in [0.25, 0.3) is 5.69 Å². The second kappa shape index (κ2) is 7.04. The summed E-state index contributed by atoms with van der Waals surface area (Å²) in [6.07, 6.45) is 2.50. The lowest BCUT2D eigenvalue weighted by atomic mass is 10.2. The second-order valence-electron chi connectivity index (χ2n) is 4.97. The average molecular weight is 266 g/mol. The number of pyridine rings is 1. The fourth-order valence-corrected chi connectivity index (χ4v) is 1.61. The molecule has 6 heteroatoms. The third-order valence-corrected chi connectivity index (χ3v) is 3.15. The van der Waals surface area contributed by atoms with E-state index in [-0.39, 0.29) is 10.6 Å². The highest BCUT2D eigenvalue weighted by Gasteiger charge is 2.11. The van der Waals surface area contributed by atoms with Crippen LogP contribution in [0.4, 0.5) is 11.5 Å². The normalized spacial score (nSPS) is 11.1. The lowest BCUT2D eigenvalue weighted by Crippen LogP contribution is -2.28. The summed E-state index contributed by atoms with van der Waals surface area (Å²) in [6, 6.07) is 2.01. The molecule has 1 heterocycles. The Labute approximate surface area is 114 Å². The van der Waals surface area contributed by atoms with Gasteiger partial charge in [-0.25, -0.2) is 4.98 Å². The van der Waals surface area contributed by atoms with Crippen LogP contribution in [0.15, 0.2) is 12.3 Å². The monoisotopic (exact) mass is 266 g/mol. The molecule has 0 saturated heterocycles. The molecule has 0 aliphatic rings. The zero-order chi connectivity index (χ0) is 14.4. The molecule has 0 aliphatic carbocycles. The molecule has 0 aliphatic heterocycles. The lowest BCUT2D eigenvalue weighted by molar-refractivity contribution is -0.385. The van der Waals surface area contributed by atoms with Gasteiger partial charge in [-0.05, 0) is 40.8 Å². The molecule has 1 rings (SSSR count). The summed E-state index contributed by atoms with van der Waals surface area (Å²) in [5, 5.41) is 13.9. The van der Waals surface area contributed by atoms with Gasteiger partial charge in [-0.2, -0.15) is 0 Å². The van der Waals surface area contributed by atoms with Crippen molar-refractivity contribution in [2.45, 2.75) is 33.2 Å². The third-order valence-electron chi connectivity index (χ3n) is 3.15. The first kappa shape index (κ1) is 15.4. The van der Waals surface area contributed by atoms with Crippen LogP contribution in [0.1, 0.15) is 25.8 Å². The maximum Gasteiger partial charge on any atom is 0.277 e. The molecule has 0 aromatic carbocycles. The lowest BCUT2D eigenvalue weighted by Gasteiger charge is -2.20. The molecule has 0 unspecified atom stereocenters. The van der Waals surface area contributed by atoms with Crippen molar-refractivity contribution in [1.82, 2.24) is 9.88 Å². The summed E-state index contributed by atoms with van der Waals surface area (Å²) in [4.78, 5) is 16.8. The Morgan fingerprint density at radius 1 is 1.53 bits per heavy atom. The van der Waals surface area contributed by atoms with Crippen LogP contribution >= 0.6 is 0 Å². The summed E-state index contributed by atoms with van der Waals surface area (Å²) in [6.45, 7) is 7.73. The average Bonchev–Trinajstić information content (AvgIpc) is 2.35. The second-order valence-corrected chi connectivity index (χ2v) is 4.97. The van der Waals surface area contributed by atoms with Crippen LogP contribution in [0.25, 0.3) is 0 Å². The van der Waals surface area contributed by atoms with Gasteiger partial charge in [0.2, 0.25) is 0 Å². The molecule has 0 spiro atoms. The molecule has 6 nitrogen and oxygen atoms in total. The molecule has 1 aromatic heterocycles. The number of rotatable bonds is 7. The van der Waals surface area contributed by atoms with Crippen LogP contribution < -0.4 is 5.32 Å². The third kappa shape index (κ3) is 4.82. The van der Waals surface area contributed by atoms with Gasteiger partial charge in [-0.3, -0.25) is 10.1 Å². The Morgan fingerprint density at radius 2 is 2.21 bits per heavy atom. The zero-order valence-electron chi connectivity index (χ0n) is 12.0. The highest BCUT2D eigenvalue weighted by Crippen LogP contribution is 2.19. The summed E-state index contributed by atoms with van der Waals surface area (Å²) < 4.78 is 0. The molecule has 19 heavy (non-hydrogen) atoms. The summed E-state index contributed by atoms with van der Waals surface area (Å²) >= 11 is 0. The van der Waals surface area contributed by atoms with Crippen LogP contribution in [0, 0.1) is 17.0 Å². The Morgan fingerprint density at radius 3 is 2.79 bits per heavy atom. The maximum absolute atomic E-state index is 10.8. The minimum atomic E-state index is -0.380. The van der Waals surface area contributed by atoms with Crippen molar-refractivity contribution in [2.24, 2.45) is 0 Å². The molecule has 0 radical (unpaired) electrons. The molecule has 106 valence electrons. The quantitative estimate of drug-likeness (QED) is 0.466. The predicted octanol–water partition coefficient (Wildman–Crippen LogP) is 2.44. The van der Waals surface area contributed by atoms with Crippen molar-refractivity contribution in [1.29, 1.82) is 0 Å². The van der Waals surface area contributed by atoms with Crippen LogP contribution in [0.2, 0.25) is 0 Å². The standard InChI is InChI=1S/C13H22N4O2/c1-10(2)16(4)7-5-6-14-13-8-12(17(18)19)11(3)9-15-13/h8-10H,5-7H2,1-4H3,(H,14,15). The largest absolute Gasteiger partial charge is 0.370 e. The van der Waals surface area contributed by atoms with Crippen LogP contribution in [0.5, 0.6) is 0 Å². The number of nitrogens with one attached hydrogen (secondary N) is 1. The first-order chi connectivity index (χ1) is 8.91. The van der Waals surface area contributed by atoms with Crippen molar-refractivity contribution in [3.8, 4) is 0 Å². The number of nitrogens with zero attached hydrogens (tertiary/aromatic N) is 3. The van der Waals surface area contributed by atoms with Crippen LogP contribution in [-0.4, -0.2) is 41.0 Å². The van der Waals surface area contributed by atoms with E-state index in [1.165, 1.54) is 12.3 Å². The van der Waals surface area contributed by atoms with Gasteiger partial charge in [0.05, 0.1) is 11.0 Å². The van der Waals surface area contributed by atoms with E-state index in [1.807, 2.05) is 0 Å². The van der Waals surface area contributed by atoms with E-state index in [4.69, 9.17) is 0 Å². The first-order valence-corrected chi connectivity index (χ1v) is 6.47. The Kier molecular flexibility index (Phi) is 5.69. The number of hydrogen-bond acceptors (Lipinski definition) is 5. The molecule has 0 saturated carbocycles. The minimum absolute atomic E-state index is 0.108. The number of aromatic nitrogens is 1. The fraction of sp³-hybridized carbons (Fsp3) is 0.615. The van der Waals surface area contributed by atoms with Gasteiger partial charge in [-0.1, -0.05) is 0 Å². The van der Waals surface area contributed by atoms with Crippen LogP contribution in [-0.2, 0) is 0 Å². The number of hydrogen-bond donors (Lipinski definition) is 1. The molecule has 1 aromatic rings. The van der Waals surface area contributed by atoms with E-state index in [1.54, 1.807) is 6.92 Å². The molecule has 0 bridgehead atoms. The predicted molar refractivity (Wildman–Crippen MR) is 76.5 cm³/mol. The topological polar surface area (TPSA) is 71.3 Å². The van der Waals surface area contributed by atoms with Gasteiger partial charge in [0.15, 0.2) is 0 Å². The van der Waals surface area contributed by atoms with Gasteiger partial charge in [0.1, 0.15) is 5.82 Å². The molecule has 1 N–H and O–H groups in total. The Balaban J connectivity index is 2.46. The van der Waals surface area contributed by atoms with Gasteiger partial charge >= 0.3 is 0 Å². The van der Waals surface area contributed by atoms with E-state index in [9.17, 15) is 10.1 Å². The summed E-state index contributed by atoms with van der Waals surface area (Å²) in [5.41, 5.74) is 0.687. The van der Waals surface area contributed by atoms with Crippen molar-refractivity contribution in [3.63, 3.8) is 0 Å². The van der Waals surface area contributed by atoms with Crippen molar-refractivity contribution < 1.29 is 4.92 Å². The summed E-state index contributed by atoms with van der Waals surface area (Å²) in [7, 11) is 2.08. The molecule has 0 amide bonds. The van der Waals surface area contributed by atoms with E-state index in [0.29, 0.717) is 17.4 Å². The molecular weight excluding hydrogens is 244 g/mol. The highest BCUT2D eigenvalue weighted by atomic mass is 16.6. The number of nitro groups is 1. The van der Waals surface area contributed by atoms with E-state index < -0.39 is 0 Å². The van der Waals surface area contributed by atoms with Crippen molar-refractivity contribution in [3.05, 3.63) is 27.9 Å². The molecular formula is C13H22N4O2. The first-order valence-electron chi connectivity index (χ1n) is 6.47. The fourth-order valence-electron chi connectivity index (χ4n) is 1.61. The summed E-state index contributed by atoms with van der Waals surface area (Å²) in [5.74, 6) is 0.560. The van der Waals surface area contributed by atoms with Gasteiger partial charge in [0, 0.05) is 24.3 Å². The smallest absolute Gasteiger partial charge is 0.277 e.